The van der Waals surface area contributed by atoms with E-state index in [2.05, 4.69) is 9.97 Å². The molecule has 1 saturated heterocycles. The average Bonchev–Trinajstić information content (AvgIpc) is 2.67. The van der Waals surface area contributed by atoms with Crippen molar-refractivity contribution in [2.45, 2.75) is 51.7 Å². The summed E-state index contributed by atoms with van der Waals surface area (Å²) in [6, 6.07) is 2.16. The molecule has 17 heavy (non-hydrogen) atoms. The molecule has 0 amide bonds. The van der Waals surface area contributed by atoms with Gasteiger partial charge >= 0.3 is 0 Å². The van der Waals surface area contributed by atoms with Crippen LogP contribution in [-0.2, 0) is 17.6 Å². The molecule has 2 rings (SSSR count). The van der Waals surface area contributed by atoms with Crippen molar-refractivity contribution in [3.63, 3.8) is 0 Å². The van der Waals surface area contributed by atoms with Gasteiger partial charge in [-0.05, 0) is 32.8 Å². The third-order valence-electron chi connectivity index (χ3n) is 2.92. The van der Waals surface area contributed by atoms with E-state index in [9.17, 15) is 0 Å². The second kappa shape index (κ2) is 5.56. The highest BCUT2D eigenvalue weighted by molar-refractivity contribution is 5.11. The Morgan fingerprint density at radius 1 is 1.53 bits per heavy atom. The normalized spacial score (nSPS) is 21.7. The molecule has 2 heterocycles. The second-order valence-electron chi connectivity index (χ2n) is 4.94. The highest BCUT2D eigenvalue weighted by Crippen LogP contribution is 2.16. The Labute approximate surface area is 103 Å². The summed E-state index contributed by atoms with van der Waals surface area (Å²) in [6.07, 6.45) is 4.22. The third-order valence-corrected chi connectivity index (χ3v) is 2.92. The maximum Gasteiger partial charge on any atom is 0.131 e. The van der Waals surface area contributed by atoms with Crippen LogP contribution in [0.25, 0.3) is 0 Å². The van der Waals surface area contributed by atoms with Gasteiger partial charge in [0.15, 0.2) is 0 Å². The molecule has 0 saturated carbocycles. The van der Waals surface area contributed by atoms with Crippen LogP contribution < -0.4 is 5.73 Å². The number of nitrogens with zero attached hydrogens (tertiary/aromatic N) is 2. The van der Waals surface area contributed by atoms with Crippen molar-refractivity contribution in [2.24, 2.45) is 5.73 Å². The van der Waals surface area contributed by atoms with Crippen LogP contribution in [0, 0.1) is 6.92 Å². The Bertz CT molecular complexity index is 373. The van der Waals surface area contributed by atoms with Crippen molar-refractivity contribution in [3.8, 4) is 0 Å². The Hall–Kier alpha value is -1.00. The Morgan fingerprint density at radius 3 is 3.00 bits per heavy atom. The predicted molar refractivity (Wildman–Crippen MR) is 66.8 cm³/mol. The SMILES string of the molecule is Cc1cc(CC(C)N)nc(CC2CCCO2)n1. The van der Waals surface area contributed by atoms with Crippen LogP contribution in [0.2, 0.25) is 0 Å². The summed E-state index contributed by atoms with van der Waals surface area (Å²) in [5.74, 6) is 0.896. The van der Waals surface area contributed by atoms with Crippen molar-refractivity contribution >= 4 is 0 Å². The van der Waals surface area contributed by atoms with Gasteiger partial charge < -0.3 is 10.5 Å². The number of ether oxygens (including phenoxy) is 1. The predicted octanol–water partition coefficient (Wildman–Crippen LogP) is 1.40. The van der Waals surface area contributed by atoms with Crippen molar-refractivity contribution in [3.05, 3.63) is 23.3 Å². The van der Waals surface area contributed by atoms with Crippen LogP contribution in [0.1, 0.15) is 37.0 Å². The lowest BCUT2D eigenvalue weighted by Gasteiger charge is -2.11. The fraction of sp³-hybridized carbons (Fsp3) is 0.692. The van der Waals surface area contributed by atoms with Crippen LogP contribution in [0.5, 0.6) is 0 Å². The monoisotopic (exact) mass is 235 g/mol. The number of hydrogen-bond acceptors (Lipinski definition) is 4. The smallest absolute Gasteiger partial charge is 0.131 e. The lowest BCUT2D eigenvalue weighted by Crippen LogP contribution is -2.20. The van der Waals surface area contributed by atoms with E-state index in [0.29, 0.717) is 6.10 Å². The van der Waals surface area contributed by atoms with Crippen molar-refractivity contribution < 1.29 is 4.74 Å². The van der Waals surface area contributed by atoms with Gasteiger partial charge in [0, 0.05) is 36.9 Å². The first-order valence-electron chi connectivity index (χ1n) is 6.34. The van der Waals surface area contributed by atoms with Crippen molar-refractivity contribution in [1.82, 2.24) is 9.97 Å². The van der Waals surface area contributed by atoms with Gasteiger partial charge in [-0.15, -0.1) is 0 Å². The average molecular weight is 235 g/mol. The van der Waals surface area contributed by atoms with Gasteiger partial charge in [-0.25, -0.2) is 9.97 Å². The molecule has 1 aromatic heterocycles. The van der Waals surface area contributed by atoms with Gasteiger partial charge in [-0.3, -0.25) is 0 Å². The molecule has 0 aromatic carbocycles. The molecule has 4 heteroatoms. The first kappa shape index (κ1) is 12.5. The lowest BCUT2D eigenvalue weighted by molar-refractivity contribution is 0.110. The second-order valence-corrected chi connectivity index (χ2v) is 4.94. The summed E-state index contributed by atoms with van der Waals surface area (Å²) >= 11 is 0. The minimum absolute atomic E-state index is 0.139. The molecular weight excluding hydrogens is 214 g/mol. The van der Waals surface area contributed by atoms with E-state index < -0.39 is 0 Å². The van der Waals surface area contributed by atoms with Gasteiger partial charge in [-0.2, -0.15) is 0 Å². The molecule has 1 aromatic rings. The van der Waals surface area contributed by atoms with Gasteiger partial charge in [-0.1, -0.05) is 0 Å². The Kier molecular flexibility index (Phi) is 4.07. The van der Waals surface area contributed by atoms with E-state index >= 15 is 0 Å². The fourth-order valence-electron chi connectivity index (χ4n) is 2.23. The Morgan fingerprint density at radius 2 is 2.35 bits per heavy atom. The minimum Gasteiger partial charge on any atom is -0.378 e. The van der Waals surface area contributed by atoms with Crippen LogP contribution in [0.3, 0.4) is 0 Å². The number of rotatable bonds is 4. The fourth-order valence-corrected chi connectivity index (χ4v) is 2.23. The summed E-state index contributed by atoms with van der Waals surface area (Å²) in [5.41, 5.74) is 7.86. The first-order valence-corrected chi connectivity index (χ1v) is 6.34. The molecule has 1 fully saturated rings. The molecule has 2 unspecified atom stereocenters. The zero-order valence-electron chi connectivity index (χ0n) is 10.6. The number of hydrogen-bond donors (Lipinski definition) is 1. The maximum atomic E-state index is 5.80. The van der Waals surface area contributed by atoms with Crippen molar-refractivity contribution in [2.75, 3.05) is 6.61 Å². The van der Waals surface area contributed by atoms with E-state index in [-0.39, 0.29) is 6.04 Å². The number of aryl methyl sites for hydroxylation is 1. The van der Waals surface area contributed by atoms with E-state index in [1.807, 2.05) is 19.9 Å². The zero-order valence-corrected chi connectivity index (χ0v) is 10.6. The molecule has 94 valence electrons. The largest absolute Gasteiger partial charge is 0.378 e. The summed E-state index contributed by atoms with van der Waals surface area (Å²) in [4.78, 5) is 9.04. The summed E-state index contributed by atoms with van der Waals surface area (Å²) < 4.78 is 5.61. The molecule has 1 aliphatic rings. The van der Waals surface area contributed by atoms with Gasteiger partial charge in [0.05, 0.1) is 6.10 Å². The molecule has 2 atom stereocenters. The number of nitrogens with two attached hydrogens (primary N) is 1. The minimum atomic E-state index is 0.139. The highest BCUT2D eigenvalue weighted by Gasteiger charge is 2.17. The summed E-state index contributed by atoms with van der Waals surface area (Å²) in [5, 5.41) is 0. The summed E-state index contributed by atoms with van der Waals surface area (Å²) in [7, 11) is 0. The number of aromatic nitrogens is 2. The van der Waals surface area contributed by atoms with Crippen molar-refractivity contribution in [1.29, 1.82) is 0 Å². The van der Waals surface area contributed by atoms with Gasteiger partial charge in [0.25, 0.3) is 0 Å². The standard InChI is InChI=1S/C13H21N3O/c1-9(14)6-11-7-10(2)15-13(16-11)8-12-4-3-5-17-12/h7,9,12H,3-6,8,14H2,1-2H3. The van der Waals surface area contributed by atoms with E-state index in [4.69, 9.17) is 10.5 Å². The van der Waals surface area contributed by atoms with Crippen LogP contribution in [0.15, 0.2) is 6.07 Å². The molecule has 4 nitrogen and oxygen atoms in total. The molecular formula is C13H21N3O. The molecule has 0 aliphatic carbocycles. The van der Waals surface area contributed by atoms with Crippen LogP contribution in [0.4, 0.5) is 0 Å². The molecule has 0 spiro atoms. The van der Waals surface area contributed by atoms with E-state index in [1.165, 1.54) is 0 Å². The Balaban J connectivity index is 2.07. The molecule has 0 radical (unpaired) electrons. The van der Waals surface area contributed by atoms with Crippen LogP contribution >= 0.6 is 0 Å². The molecule has 0 bridgehead atoms. The van der Waals surface area contributed by atoms with Crippen LogP contribution in [-0.4, -0.2) is 28.7 Å². The first-order chi connectivity index (χ1) is 8.13. The topological polar surface area (TPSA) is 61.0 Å². The lowest BCUT2D eigenvalue weighted by atomic mass is 10.1. The van der Waals surface area contributed by atoms with Gasteiger partial charge in [0.1, 0.15) is 5.82 Å². The third kappa shape index (κ3) is 3.75. The highest BCUT2D eigenvalue weighted by atomic mass is 16.5. The quantitative estimate of drug-likeness (QED) is 0.857. The molecule has 2 N–H and O–H groups in total. The maximum absolute atomic E-state index is 5.80. The zero-order chi connectivity index (χ0) is 12.3. The summed E-state index contributed by atoms with van der Waals surface area (Å²) in [6.45, 7) is 4.88. The van der Waals surface area contributed by atoms with E-state index in [0.717, 1.165) is 49.5 Å². The molecule has 1 aliphatic heterocycles. The van der Waals surface area contributed by atoms with E-state index in [1.54, 1.807) is 0 Å². The van der Waals surface area contributed by atoms with Gasteiger partial charge in [0.2, 0.25) is 0 Å².